The second-order valence-electron chi connectivity index (χ2n) is 3.13. The van der Waals surface area contributed by atoms with Crippen LogP contribution in [0.15, 0.2) is 28.2 Å². The zero-order valence-corrected chi connectivity index (χ0v) is 10.8. The van der Waals surface area contributed by atoms with Crippen LogP contribution >= 0.6 is 15.9 Å². The molecule has 1 aromatic carbocycles. The number of esters is 1. The fraction of sp³-hybridized carbons (Fsp3) is 0.0909. The van der Waals surface area contributed by atoms with Gasteiger partial charge in [0, 0.05) is 6.07 Å². The molecule has 0 amide bonds. The monoisotopic (exact) mass is 310 g/mol. The van der Waals surface area contributed by atoms with Gasteiger partial charge in [0.1, 0.15) is 11.6 Å². The van der Waals surface area contributed by atoms with Crippen LogP contribution in [0.25, 0.3) is 6.08 Å². The molecular weight excluding hydrogens is 304 g/mol. The molecule has 1 rings (SSSR count). The van der Waals surface area contributed by atoms with Crippen LogP contribution in [0.1, 0.15) is 5.56 Å². The Hall–Kier alpha value is -2.20. The molecule has 0 radical (unpaired) electrons. The van der Waals surface area contributed by atoms with E-state index < -0.39 is 10.9 Å². The fourth-order valence-corrected chi connectivity index (χ4v) is 1.56. The van der Waals surface area contributed by atoms with Gasteiger partial charge in [0.05, 0.1) is 16.5 Å². The first kappa shape index (κ1) is 13.9. The molecule has 0 heterocycles. The van der Waals surface area contributed by atoms with Crippen LogP contribution in [0.2, 0.25) is 0 Å². The number of hydrogen-bond acceptors (Lipinski definition) is 5. The number of methoxy groups -OCH3 is 1. The molecule has 18 heavy (non-hydrogen) atoms. The summed E-state index contributed by atoms with van der Waals surface area (Å²) in [5.41, 5.74) is -0.00752. The van der Waals surface area contributed by atoms with Gasteiger partial charge in [0.15, 0.2) is 0 Å². The highest BCUT2D eigenvalue weighted by atomic mass is 79.9. The van der Waals surface area contributed by atoms with Crippen molar-refractivity contribution in [2.24, 2.45) is 0 Å². The van der Waals surface area contributed by atoms with Crippen molar-refractivity contribution < 1.29 is 14.5 Å². The third-order valence-electron chi connectivity index (χ3n) is 2.00. The number of ether oxygens (including phenoxy) is 1. The van der Waals surface area contributed by atoms with Gasteiger partial charge < -0.3 is 4.74 Å². The Morgan fingerprint density at radius 3 is 2.78 bits per heavy atom. The Kier molecular flexibility index (Phi) is 4.57. The molecule has 0 bridgehead atoms. The van der Waals surface area contributed by atoms with Crippen molar-refractivity contribution in [2.75, 3.05) is 7.11 Å². The zero-order chi connectivity index (χ0) is 13.7. The largest absolute Gasteiger partial charge is 0.465 e. The van der Waals surface area contributed by atoms with Gasteiger partial charge in [-0.05, 0) is 33.6 Å². The summed E-state index contributed by atoms with van der Waals surface area (Å²) in [4.78, 5) is 21.3. The van der Waals surface area contributed by atoms with Crippen LogP contribution in [0.4, 0.5) is 5.69 Å². The molecule has 0 saturated heterocycles. The molecule has 1 aromatic rings. The van der Waals surface area contributed by atoms with E-state index in [2.05, 4.69) is 20.7 Å². The van der Waals surface area contributed by atoms with Gasteiger partial charge in [0.2, 0.25) is 0 Å². The highest BCUT2D eigenvalue weighted by Gasteiger charge is 2.13. The number of benzene rings is 1. The first-order valence-electron chi connectivity index (χ1n) is 4.63. The maximum atomic E-state index is 11.2. The maximum absolute atomic E-state index is 11.2. The smallest absolute Gasteiger partial charge is 0.348 e. The minimum absolute atomic E-state index is 0.147. The average Bonchev–Trinajstić information content (AvgIpc) is 2.36. The molecule has 0 aliphatic heterocycles. The number of hydrogen-bond donors (Lipinski definition) is 0. The Morgan fingerprint density at radius 1 is 1.61 bits per heavy atom. The van der Waals surface area contributed by atoms with Crippen molar-refractivity contribution in [2.45, 2.75) is 0 Å². The number of halogens is 1. The molecule has 0 aromatic heterocycles. The predicted molar refractivity (Wildman–Crippen MR) is 66.4 cm³/mol. The Labute approximate surface area is 111 Å². The van der Waals surface area contributed by atoms with E-state index in [0.717, 1.165) is 7.11 Å². The van der Waals surface area contributed by atoms with Gasteiger partial charge in [-0.15, -0.1) is 0 Å². The summed E-state index contributed by atoms with van der Waals surface area (Å²) >= 11 is 3.04. The SMILES string of the molecule is COC(=O)/C(C#N)=C/c1ccc(Br)c([N+](=O)[O-])c1. The van der Waals surface area contributed by atoms with Crippen LogP contribution in [-0.4, -0.2) is 18.0 Å². The van der Waals surface area contributed by atoms with E-state index in [9.17, 15) is 14.9 Å². The van der Waals surface area contributed by atoms with Crippen LogP contribution in [0, 0.1) is 21.4 Å². The molecule has 0 aliphatic rings. The highest BCUT2D eigenvalue weighted by molar-refractivity contribution is 9.10. The van der Waals surface area contributed by atoms with E-state index in [1.165, 1.54) is 24.3 Å². The highest BCUT2D eigenvalue weighted by Crippen LogP contribution is 2.26. The number of carbonyl (C=O) groups is 1. The molecule has 0 saturated carbocycles. The Balaban J connectivity index is 3.23. The van der Waals surface area contributed by atoms with Gasteiger partial charge >= 0.3 is 5.97 Å². The van der Waals surface area contributed by atoms with Crippen LogP contribution < -0.4 is 0 Å². The summed E-state index contributed by atoms with van der Waals surface area (Å²) in [6, 6.07) is 5.93. The lowest BCUT2D eigenvalue weighted by atomic mass is 10.1. The van der Waals surface area contributed by atoms with Crippen molar-refractivity contribution in [3.05, 3.63) is 43.9 Å². The van der Waals surface area contributed by atoms with E-state index in [4.69, 9.17) is 5.26 Å². The normalized spacial score (nSPS) is 10.6. The maximum Gasteiger partial charge on any atom is 0.348 e. The molecule has 0 fully saturated rings. The number of nitrogens with zero attached hydrogens (tertiary/aromatic N) is 2. The molecule has 0 aliphatic carbocycles. The molecule has 0 N–H and O–H groups in total. The van der Waals surface area contributed by atoms with E-state index >= 15 is 0 Å². The predicted octanol–water partition coefficient (Wildman–Crippen LogP) is 2.44. The summed E-state index contributed by atoms with van der Waals surface area (Å²) in [6.07, 6.45) is 1.23. The molecule has 0 spiro atoms. The topological polar surface area (TPSA) is 93.2 Å². The van der Waals surface area contributed by atoms with E-state index in [-0.39, 0.29) is 11.3 Å². The van der Waals surface area contributed by atoms with Crippen molar-refractivity contribution in [1.29, 1.82) is 5.26 Å². The number of carbonyl (C=O) groups excluding carboxylic acids is 1. The second kappa shape index (κ2) is 5.93. The van der Waals surface area contributed by atoms with Gasteiger partial charge in [-0.1, -0.05) is 6.07 Å². The first-order chi connectivity index (χ1) is 8.49. The van der Waals surface area contributed by atoms with E-state index in [1.54, 1.807) is 6.07 Å². The summed E-state index contributed by atoms with van der Waals surface area (Å²) < 4.78 is 4.72. The standard InChI is InChI=1S/C11H7BrN2O4/c1-18-11(15)8(6-13)4-7-2-3-9(12)10(5-7)14(16)17/h2-5H,1H3/b8-4+. The van der Waals surface area contributed by atoms with Crippen LogP contribution in [0.3, 0.4) is 0 Å². The van der Waals surface area contributed by atoms with Crippen molar-refractivity contribution in [3.8, 4) is 6.07 Å². The summed E-state index contributed by atoms with van der Waals surface area (Å²) in [7, 11) is 1.15. The zero-order valence-electron chi connectivity index (χ0n) is 9.21. The van der Waals surface area contributed by atoms with Crippen molar-refractivity contribution in [3.63, 3.8) is 0 Å². The fourth-order valence-electron chi connectivity index (χ4n) is 1.17. The molecule has 92 valence electrons. The van der Waals surface area contributed by atoms with Gasteiger partial charge in [-0.25, -0.2) is 4.79 Å². The average molecular weight is 311 g/mol. The van der Waals surface area contributed by atoms with Gasteiger partial charge in [0.25, 0.3) is 5.69 Å². The molecule has 7 heteroatoms. The second-order valence-corrected chi connectivity index (χ2v) is 3.98. The van der Waals surface area contributed by atoms with Crippen LogP contribution in [0.5, 0.6) is 0 Å². The first-order valence-corrected chi connectivity index (χ1v) is 5.43. The number of rotatable bonds is 3. The van der Waals surface area contributed by atoms with Crippen LogP contribution in [-0.2, 0) is 9.53 Å². The lowest BCUT2D eigenvalue weighted by molar-refractivity contribution is -0.385. The minimum Gasteiger partial charge on any atom is -0.465 e. The number of nitro groups is 1. The third kappa shape index (κ3) is 3.15. The Morgan fingerprint density at radius 2 is 2.28 bits per heavy atom. The quantitative estimate of drug-likeness (QED) is 0.281. The summed E-state index contributed by atoms with van der Waals surface area (Å²) in [5.74, 6) is -0.789. The molecule has 0 unspecified atom stereocenters. The lowest BCUT2D eigenvalue weighted by Gasteiger charge is -1.99. The van der Waals surface area contributed by atoms with Gasteiger partial charge in [-0.2, -0.15) is 5.26 Å². The number of nitro benzene ring substituents is 1. The summed E-state index contributed by atoms with van der Waals surface area (Å²) in [5, 5.41) is 19.5. The minimum atomic E-state index is -0.789. The lowest BCUT2D eigenvalue weighted by Crippen LogP contribution is -2.02. The molecule has 6 nitrogen and oxygen atoms in total. The van der Waals surface area contributed by atoms with E-state index in [1.807, 2.05) is 0 Å². The van der Waals surface area contributed by atoms with Gasteiger partial charge in [-0.3, -0.25) is 10.1 Å². The van der Waals surface area contributed by atoms with Crippen molar-refractivity contribution >= 4 is 33.7 Å². The van der Waals surface area contributed by atoms with E-state index in [0.29, 0.717) is 10.0 Å². The number of nitriles is 1. The summed E-state index contributed by atoms with van der Waals surface area (Å²) in [6.45, 7) is 0. The third-order valence-corrected chi connectivity index (χ3v) is 2.67. The Bertz CT molecular complexity index is 575. The molecule has 0 atom stereocenters. The molecular formula is C11H7BrN2O4. The van der Waals surface area contributed by atoms with Crippen molar-refractivity contribution in [1.82, 2.24) is 0 Å².